The lowest BCUT2D eigenvalue weighted by Crippen LogP contribution is -2.25. The second kappa shape index (κ2) is 8.77. The minimum atomic E-state index is -0.181. The van der Waals surface area contributed by atoms with Crippen molar-refractivity contribution in [2.75, 3.05) is 7.11 Å². The van der Waals surface area contributed by atoms with Gasteiger partial charge in [-0.1, -0.05) is 12.1 Å². The Balaban J connectivity index is 1.48. The molecular weight excluding hydrogens is 414 g/mol. The van der Waals surface area contributed by atoms with Crippen LogP contribution in [0, 0.1) is 6.92 Å². The molecule has 4 aromatic rings. The molecule has 0 bridgehead atoms. The van der Waals surface area contributed by atoms with Gasteiger partial charge in [-0.15, -0.1) is 22.7 Å². The molecule has 30 heavy (non-hydrogen) atoms. The molecule has 1 amide bonds. The molecule has 1 atom stereocenters. The van der Waals surface area contributed by atoms with Crippen LogP contribution in [-0.4, -0.2) is 23.0 Å². The molecule has 5 nitrogen and oxygen atoms in total. The molecule has 0 aliphatic carbocycles. The summed E-state index contributed by atoms with van der Waals surface area (Å²) in [5, 5.41) is 5.93. The summed E-state index contributed by atoms with van der Waals surface area (Å²) in [7, 11) is 1.65. The summed E-state index contributed by atoms with van der Waals surface area (Å²) < 4.78 is 5.22. The zero-order chi connectivity index (χ0) is 21.1. The van der Waals surface area contributed by atoms with Gasteiger partial charge in [-0.2, -0.15) is 0 Å². The third kappa shape index (κ3) is 4.27. The van der Waals surface area contributed by atoms with Crippen LogP contribution in [0.25, 0.3) is 22.4 Å². The van der Waals surface area contributed by atoms with Crippen LogP contribution in [0.4, 0.5) is 0 Å². The first-order chi connectivity index (χ1) is 14.5. The van der Waals surface area contributed by atoms with Gasteiger partial charge in [-0.05, 0) is 55.3 Å². The average Bonchev–Trinajstić information content (AvgIpc) is 3.42. The Bertz CT molecular complexity index is 1150. The largest absolute Gasteiger partial charge is 0.497 e. The molecule has 1 aromatic carbocycles. The van der Waals surface area contributed by atoms with E-state index in [1.807, 2.05) is 61.7 Å². The molecule has 3 aromatic heterocycles. The molecule has 4 rings (SSSR count). The Morgan fingerprint density at radius 1 is 1.17 bits per heavy atom. The minimum absolute atomic E-state index is 0.0894. The summed E-state index contributed by atoms with van der Waals surface area (Å²) in [6.45, 7) is 3.99. The smallest absolute Gasteiger partial charge is 0.261 e. The standard InChI is InChI=1S/C23H21N3O2S2/c1-14(23-26-20(13-29-23)17-5-4-10-24-12-17)25-22(27)21-11-19(15(2)30-21)16-6-8-18(28-3)9-7-16/h4-14H,1-3H3,(H,25,27). The molecule has 0 aliphatic rings. The first-order valence-electron chi connectivity index (χ1n) is 9.46. The highest BCUT2D eigenvalue weighted by atomic mass is 32.1. The third-order valence-electron chi connectivity index (χ3n) is 4.74. The summed E-state index contributed by atoms with van der Waals surface area (Å²) in [5.41, 5.74) is 3.97. The van der Waals surface area contributed by atoms with Crippen LogP contribution in [0.1, 0.15) is 32.5 Å². The molecular formula is C23H21N3O2S2. The quantitative estimate of drug-likeness (QED) is 0.419. The van der Waals surface area contributed by atoms with Crippen LogP contribution in [0.3, 0.4) is 0 Å². The number of nitrogens with one attached hydrogen (secondary N) is 1. The summed E-state index contributed by atoms with van der Waals surface area (Å²) >= 11 is 3.03. The third-order valence-corrected chi connectivity index (χ3v) is 6.82. The zero-order valence-corrected chi connectivity index (χ0v) is 18.5. The van der Waals surface area contributed by atoms with Crippen molar-refractivity contribution in [1.29, 1.82) is 0 Å². The van der Waals surface area contributed by atoms with E-state index in [2.05, 4.69) is 15.3 Å². The van der Waals surface area contributed by atoms with Crippen molar-refractivity contribution in [2.45, 2.75) is 19.9 Å². The zero-order valence-electron chi connectivity index (χ0n) is 16.9. The van der Waals surface area contributed by atoms with E-state index in [9.17, 15) is 4.79 Å². The van der Waals surface area contributed by atoms with Crippen molar-refractivity contribution in [1.82, 2.24) is 15.3 Å². The highest BCUT2D eigenvalue weighted by Crippen LogP contribution is 2.32. The summed E-state index contributed by atoms with van der Waals surface area (Å²) in [6.07, 6.45) is 3.53. The number of amides is 1. The van der Waals surface area contributed by atoms with Gasteiger partial charge in [0.2, 0.25) is 0 Å². The van der Waals surface area contributed by atoms with Crippen LogP contribution in [0.15, 0.2) is 60.2 Å². The number of aromatic nitrogens is 2. The molecule has 152 valence electrons. The van der Waals surface area contributed by atoms with E-state index in [1.165, 1.54) is 22.7 Å². The molecule has 0 radical (unpaired) electrons. The first kappa shape index (κ1) is 20.3. The summed E-state index contributed by atoms with van der Waals surface area (Å²) in [4.78, 5) is 23.4. The second-order valence-corrected chi connectivity index (χ2v) is 8.96. The lowest BCUT2D eigenvalue weighted by atomic mass is 10.1. The van der Waals surface area contributed by atoms with E-state index >= 15 is 0 Å². The SMILES string of the molecule is COc1ccc(-c2cc(C(=O)NC(C)c3nc(-c4cccnc4)cs3)sc2C)cc1. The fourth-order valence-electron chi connectivity index (χ4n) is 3.11. The van der Waals surface area contributed by atoms with Crippen LogP contribution in [0.5, 0.6) is 5.75 Å². The number of thiazole rings is 1. The van der Waals surface area contributed by atoms with Crippen molar-refractivity contribution in [2.24, 2.45) is 0 Å². The maximum Gasteiger partial charge on any atom is 0.261 e. The molecule has 0 saturated carbocycles. The normalized spacial score (nSPS) is 11.8. The molecule has 3 heterocycles. The Hall–Kier alpha value is -3.03. The van der Waals surface area contributed by atoms with Gasteiger partial charge < -0.3 is 10.1 Å². The molecule has 1 unspecified atom stereocenters. The molecule has 0 saturated heterocycles. The van der Waals surface area contributed by atoms with E-state index in [4.69, 9.17) is 4.74 Å². The lowest BCUT2D eigenvalue weighted by molar-refractivity contribution is 0.0944. The van der Waals surface area contributed by atoms with Gasteiger partial charge in [0.05, 0.1) is 23.7 Å². The number of thiophene rings is 1. The van der Waals surface area contributed by atoms with E-state index in [0.29, 0.717) is 4.88 Å². The number of methoxy groups -OCH3 is 1. The second-order valence-electron chi connectivity index (χ2n) is 6.82. The number of carbonyl (C=O) groups excluding carboxylic acids is 1. The summed E-state index contributed by atoms with van der Waals surface area (Å²) in [5.74, 6) is 0.723. The van der Waals surface area contributed by atoms with E-state index in [-0.39, 0.29) is 11.9 Å². The van der Waals surface area contributed by atoms with Crippen molar-refractivity contribution in [3.05, 3.63) is 75.0 Å². The van der Waals surface area contributed by atoms with Gasteiger partial charge in [-0.3, -0.25) is 9.78 Å². The van der Waals surface area contributed by atoms with Crippen LogP contribution in [0.2, 0.25) is 0 Å². The monoisotopic (exact) mass is 435 g/mol. The van der Waals surface area contributed by atoms with Gasteiger partial charge >= 0.3 is 0 Å². The number of ether oxygens (including phenoxy) is 1. The van der Waals surface area contributed by atoms with Crippen molar-refractivity contribution >= 4 is 28.6 Å². The molecule has 0 spiro atoms. The fourth-order valence-corrected chi connectivity index (χ4v) is 4.89. The topological polar surface area (TPSA) is 64.1 Å². The minimum Gasteiger partial charge on any atom is -0.497 e. The molecule has 1 N–H and O–H groups in total. The first-order valence-corrected chi connectivity index (χ1v) is 11.2. The lowest BCUT2D eigenvalue weighted by Gasteiger charge is -2.10. The number of benzene rings is 1. The highest BCUT2D eigenvalue weighted by Gasteiger charge is 2.18. The van der Waals surface area contributed by atoms with Crippen LogP contribution >= 0.6 is 22.7 Å². The van der Waals surface area contributed by atoms with Crippen molar-refractivity contribution in [3.63, 3.8) is 0 Å². The Morgan fingerprint density at radius 2 is 1.97 bits per heavy atom. The fraction of sp³-hybridized carbons (Fsp3) is 0.174. The van der Waals surface area contributed by atoms with Crippen LogP contribution in [-0.2, 0) is 0 Å². The van der Waals surface area contributed by atoms with Crippen molar-refractivity contribution in [3.8, 4) is 28.1 Å². The summed E-state index contributed by atoms with van der Waals surface area (Å²) in [6, 6.07) is 13.5. The molecule has 0 aliphatic heterocycles. The van der Waals surface area contributed by atoms with Crippen LogP contribution < -0.4 is 10.1 Å². The number of hydrogen-bond donors (Lipinski definition) is 1. The maximum absolute atomic E-state index is 12.8. The number of pyridine rings is 1. The van der Waals surface area contributed by atoms with Gasteiger partial charge in [-0.25, -0.2) is 4.98 Å². The van der Waals surface area contributed by atoms with Gasteiger partial charge in [0.25, 0.3) is 5.91 Å². The predicted octanol–water partition coefficient (Wildman–Crippen LogP) is 5.74. The molecule has 0 fully saturated rings. The number of aryl methyl sites for hydroxylation is 1. The average molecular weight is 436 g/mol. The van der Waals surface area contributed by atoms with E-state index in [1.54, 1.807) is 19.5 Å². The Kier molecular flexibility index (Phi) is 5.92. The highest BCUT2D eigenvalue weighted by molar-refractivity contribution is 7.14. The number of carbonyl (C=O) groups is 1. The molecule has 7 heteroatoms. The number of rotatable bonds is 6. The van der Waals surface area contributed by atoms with Gasteiger partial charge in [0.15, 0.2) is 0 Å². The maximum atomic E-state index is 12.8. The Labute approximate surface area is 183 Å². The predicted molar refractivity (Wildman–Crippen MR) is 122 cm³/mol. The van der Waals surface area contributed by atoms with Gasteiger partial charge in [0, 0.05) is 28.2 Å². The number of nitrogens with zero attached hydrogens (tertiary/aromatic N) is 2. The van der Waals surface area contributed by atoms with Crippen molar-refractivity contribution < 1.29 is 9.53 Å². The number of hydrogen-bond acceptors (Lipinski definition) is 6. The van der Waals surface area contributed by atoms with Gasteiger partial charge in [0.1, 0.15) is 10.8 Å². The van der Waals surface area contributed by atoms with E-state index in [0.717, 1.165) is 38.0 Å². The Morgan fingerprint density at radius 3 is 2.67 bits per heavy atom. The van der Waals surface area contributed by atoms with E-state index < -0.39 is 0 Å².